The van der Waals surface area contributed by atoms with Crippen LogP contribution in [-0.4, -0.2) is 25.3 Å². The van der Waals surface area contributed by atoms with Gasteiger partial charge in [0.1, 0.15) is 0 Å². The van der Waals surface area contributed by atoms with Gasteiger partial charge in [-0.25, -0.2) is 0 Å². The summed E-state index contributed by atoms with van der Waals surface area (Å²) in [7, 11) is 0. The van der Waals surface area contributed by atoms with E-state index >= 15 is 0 Å². The zero-order chi connectivity index (χ0) is 9.61. The van der Waals surface area contributed by atoms with Gasteiger partial charge in [-0.05, 0) is 19.9 Å². The van der Waals surface area contributed by atoms with Crippen molar-refractivity contribution in [2.75, 3.05) is 13.1 Å². The van der Waals surface area contributed by atoms with Gasteiger partial charge in [-0.2, -0.15) is 13.2 Å². The van der Waals surface area contributed by atoms with Gasteiger partial charge in [-0.3, -0.25) is 0 Å². The number of halogens is 3. The summed E-state index contributed by atoms with van der Waals surface area (Å²) in [5.74, 6) is 0. The lowest BCUT2D eigenvalue weighted by Crippen LogP contribution is -2.34. The van der Waals surface area contributed by atoms with Gasteiger partial charge in [0.05, 0.1) is 0 Å². The standard InChI is InChI=1S/C7H15F3N2/c1-6(5-11)12-4-2-3-7(8,9)10/h6,12H,2-5,11H2,1H3/t6-/m1/s1. The highest BCUT2D eigenvalue weighted by Crippen LogP contribution is 2.20. The van der Waals surface area contributed by atoms with Crippen LogP contribution in [0.15, 0.2) is 0 Å². The Labute approximate surface area is 70.3 Å². The summed E-state index contributed by atoms with van der Waals surface area (Å²) in [6.45, 7) is 2.66. The van der Waals surface area contributed by atoms with Crippen LogP contribution in [0.5, 0.6) is 0 Å². The molecule has 2 nitrogen and oxygen atoms in total. The third-order valence-electron chi connectivity index (χ3n) is 1.48. The van der Waals surface area contributed by atoms with Crippen molar-refractivity contribution in [1.29, 1.82) is 0 Å². The van der Waals surface area contributed by atoms with Gasteiger partial charge >= 0.3 is 6.18 Å². The third kappa shape index (κ3) is 7.81. The Balaban J connectivity index is 3.22. The second kappa shape index (κ2) is 5.37. The van der Waals surface area contributed by atoms with E-state index in [-0.39, 0.29) is 12.5 Å². The molecule has 0 spiro atoms. The summed E-state index contributed by atoms with van der Waals surface area (Å²) in [6.07, 6.45) is -4.64. The maximum Gasteiger partial charge on any atom is 0.389 e. The molecule has 0 saturated carbocycles. The average Bonchev–Trinajstić information content (AvgIpc) is 1.96. The maximum atomic E-state index is 11.6. The minimum atomic E-state index is -4.03. The molecular formula is C7H15F3N2. The molecule has 0 aromatic carbocycles. The number of hydrogen-bond acceptors (Lipinski definition) is 2. The smallest absolute Gasteiger partial charge is 0.329 e. The molecule has 3 N–H and O–H groups in total. The summed E-state index contributed by atoms with van der Waals surface area (Å²) >= 11 is 0. The van der Waals surface area contributed by atoms with Gasteiger partial charge in [0.25, 0.3) is 0 Å². The average molecular weight is 184 g/mol. The third-order valence-corrected chi connectivity index (χ3v) is 1.48. The first kappa shape index (κ1) is 11.7. The van der Waals surface area contributed by atoms with Crippen molar-refractivity contribution in [3.63, 3.8) is 0 Å². The Morgan fingerprint density at radius 3 is 2.42 bits per heavy atom. The number of rotatable bonds is 5. The fourth-order valence-corrected chi connectivity index (χ4v) is 0.721. The van der Waals surface area contributed by atoms with Crippen molar-refractivity contribution in [2.45, 2.75) is 32.0 Å². The summed E-state index contributed by atoms with van der Waals surface area (Å²) in [4.78, 5) is 0. The van der Waals surface area contributed by atoms with Crippen LogP contribution in [0.4, 0.5) is 13.2 Å². The highest BCUT2D eigenvalue weighted by molar-refractivity contribution is 4.61. The molecule has 0 rings (SSSR count). The molecule has 1 atom stereocenters. The zero-order valence-corrected chi connectivity index (χ0v) is 7.12. The Morgan fingerprint density at radius 2 is 2.00 bits per heavy atom. The first-order valence-corrected chi connectivity index (χ1v) is 3.96. The molecule has 0 aliphatic heterocycles. The SMILES string of the molecule is C[C@H](CN)NCCCC(F)(F)F. The van der Waals surface area contributed by atoms with Crippen molar-refractivity contribution >= 4 is 0 Å². The lowest BCUT2D eigenvalue weighted by atomic mass is 10.2. The summed E-state index contributed by atoms with van der Waals surface area (Å²) in [5, 5.41) is 2.88. The number of nitrogens with two attached hydrogens (primary N) is 1. The lowest BCUT2D eigenvalue weighted by Gasteiger charge is -2.11. The molecule has 0 aromatic rings. The van der Waals surface area contributed by atoms with Gasteiger partial charge in [-0.15, -0.1) is 0 Å². The molecule has 0 radical (unpaired) electrons. The van der Waals surface area contributed by atoms with Crippen LogP contribution in [0.2, 0.25) is 0 Å². The largest absolute Gasteiger partial charge is 0.389 e. The van der Waals surface area contributed by atoms with E-state index in [1.54, 1.807) is 0 Å². The summed E-state index contributed by atoms with van der Waals surface area (Å²) < 4.78 is 34.8. The van der Waals surface area contributed by atoms with E-state index in [4.69, 9.17) is 5.73 Å². The molecule has 0 amide bonds. The van der Waals surface area contributed by atoms with E-state index in [0.29, 0.717) is 13.1 Å². The fourth-order valence-electron chi connectivity index (χ4n) is 0.721. The minimum Gasteiger partial charge on any atom is -0.329 e. The van der Waals surface area contributed by atoms with Crippen molar-refractivity contribution in [1.82, 2.24) is 5.32 Å². The van der Waals surface area contributed by atoms with E-state index in [1.807, 2.05) is 6.92 Å². The highest BCUT2D eigenvalue weighted by atomic mass is 19.4. The predicted octanol–water partition coefficient (Wildman–Crippen LogP) is 1.27. The molecule has 0 bridgehead atoms. The molecule has 0 aliphatic carbocycles. The van der Waals surface area contributed by atoms with Crippen LogP contribution in [-0.2, 0) is 0 Å². The van der Waals surface area contributed by atoms with Crippen LogP contribution in [0.1, 0.15) is 19.8 Å². The van der Waals surface area contributed by atoms with E-state index < -0.39 is 12.6 Å². The molecule has 5 heteroatoms. The summed E-state index contributed by atoms with van der Waals surface area (Å²) in [6, 6.07) is 0.0956. The number of hydrogen-bond donors (Lipinski definition) is 2. The van der Waals surface area contributed by atoms with Crippen LogP contribution < -0.4 is 11.1 Å². The Morgan fingerprint density at radius 1 is 1.42 bits per heavy atom. The molecule has 0 aromatic heterocycles. The topological polar surface area (TPSA) is 38.0 Å². The van der Waals surface area contributed by atoms with Crippen LogP contribution in [0.25, 0.3) is 0 Å². The molecular weight excluding hydrogens is 169 g/mol. The van der Waals surface area contributed by atoms with E-state index in [2.05, 4.69) is 5.32 Å². The fraction of sp³-hybridized carbons (Fsp3) is 1.00. The van der Waals surface area contributed by atoms with E-state index in [9.17, 15) is 13.2 Å². The predicted molar refractivity (Wildman–Crippen MR) is 41.8 cm³/mol. The molecule has 74 valence electrons. The molecule has 0 aliphatic rings. The molecule has 0 heterocycles. The van der Waals surface area contributed by atoms with Crippen LogP contribution >= 0.6 is 0 Å². The first-order valence-electron chi connectivity index (χ1n) is 3.96. The van der Waals surface area contributed by atoms with Crippen molar-refractivity contribution in [3.05, 3.63) is 0 Å². The van der Waals surface area contributed by atoms with Gasteiger partial charge < -0.3 is 11.1 Å². The molecule has 0 unspecified atom stereocenters. The van der Waals surface area contributed by atoms with Crippen LogP contribution in [0.3, 0.4) is 0 Å². The Kier molecular flexibility index (Phi) is 5.24. The molecule has 0 fully saturated rings. The minimum absolute atomic E-state index is 0.0956. The van der Waals surface area contributed by atoms with Crippen molar-refractivity contribution in [2.24, 2.45) is 5.73 Å². The number of alkyl halides is 3. The Bertz CT molecular complexity index is 114. The Hall–Kier alpha value is -0.290. The van der Waals surface area contributed by atoms with E-state index in [0.717, 1.165) is 0 Å². The van der Waals surface area contributed by atoms with Gasteiger partial charge in [-0.1, -0.05) is 0 Å². The summed E-state index contributed by atoms with van der Waals surface area (Å²) in [5.41, 5.74) is 5.26. The van der Waals surface area contributed by atoms with E-state index in [1.165, 1.54) is 0 Å². The van der Waals surface area contributed by atoms with Crippen molar-refractivity contribution < 1.29 is 13.2 Å². The molecule has 0 saturated heterocycles. The highest BCUT2D eigenvalue weighted by Gasteiger charge is 2.25. The second-order valence-electron chi connectivity index (χ2n) is 2.81. The van der Waals surface area contributed by atoms with Crippen LogP contribution in [0, 0.1) is 0 Å². The quantitative estimate of drug-likeness (QED) is 0.631. The monoisotopic (exact) mass is 184 g/mol. The van der Waals surface area contributed by atoms with Gasteiger partial charge in [0.2, 0.25) is 0 Å². The number of nitrogens with one attached hydrogen (secondary N) is 1. The molecule has 12 heavy (non-hydrogen) atoms. The zero-order valence-electron chi connectivity index (χ0n) is 7.12. The van der Waals surface area contributed by atoms with Gasteiger partial charge in [0.15, 0.2) is 0 Å². The van der Waals surface area contributed by atoms with Gasteiger partial charge in [0, 0.05) is 19.0 Å². The second-order valence-corrected chi connectivity index (χ2v) is 2.81. The van der Waals surface area contributed by atoms with Crippen molar-refractivity contribution in [3.8, 4) is 0 Å². The maximum absolute atomic E-state index is 11.6. The normalized spacial score (nSPS) is 14.8. The lowest BCUT2D eigenvalue weighted by molar-refractivity contribution is -0.135. The first-order chi connectivity index (χ1) is 5.45.